The van der Waals surface area contributed by atoms with Gasteiger partial charge in [0.2, 0.25) is 11.8 Å². The van der Waals surface area contributed by atoms with Gasteiger partial charge in [0.15, 0.2) is 5.13 Å². The SMILES string of the molecule is Cc1cccc2sc(NC(=O)C3CSCCC(=O)N3)nc12. The molecule has 0 saturated carbocycles. The molecule has 1 fully saturated rings. The minimum Gasteiger partial charge on any atom is -0.343 e. The van der Waals surface area contributed by atoms with Crippen molar-refractivity contribution in [2.75, 3.05) is 16.8 Å². The number of nitrogens with zero attached hydrogens (tertiary/aromatic N) is 1. The maximum absolute atomic E-state index is 12.3. The summed E-state index contributed by atoms with van der Waals surface area (Å²) in [5.74, 6) is 1.09. The van der Waals surface area contributed by atoms with Crippen LogP contribution < -0.4 is 10.6 Å². The lowest BCUT2D eigenvalue weighted by molar-refractivity contribution is -0.125. The molecule has 1 unspecified atom stereocenters. The van der Waals surface area contributed by atoms with Gasteiger partial charge in [0.25, 0.3) is 0 Å². The van der Waals surface area contributed by atoms with Crippen molar-refractivity contribution < 1.29 is 9.59 Å². The van der Waals surface area contributed by atoms with E-state index in [1.807, 2.05) is 25.1 Å². The summed E-state index contributed by atoms with van der Waals surface area (Å²) < 4.78 is 1.05. The molecular weight excluding hydrogens is 306 g/mol. The van der Waals surface area contributed by atoms with E-state index < -0.39 is 6.04 Å². The summed E-state index contributed by atoms with van der Waals surface area (Å²) in [6.45, 7) is 2.00. The number of benzene rings is 1. The number of carbonyl (C=O) groups is 2. The Kier molecular flexibility index (Phi) is 4.12. The molecule has 7 heteroatoms. The summed E-state index contributed by atoms with van der Waals surface area (Å²) in [6.07, 6.45) is 0.467. The number of anilines is 1. The number of aromatic nitrogens is 1. The number of thiazole rings is 1. The van der Waals surface area contributed by atoms with E-state index in [-0.39, 0.29) is 11.8 Å². The van der Waals surface area contributed by atoms with Crippen LogP contribution in [0.3, 0.4) is 0 Å². The van der Waals surface area contributed by atoms with Crippen LogP contribution in [0.5, 0.6) is 0 Å². The third-order valence-electron chi connectivity index (χ3n) is 3.26. The lowest BCUT2D eigenvalue weighted by Crippen LogP contribution is -2.44. The quantitative estimate of drug-likeness (QED) is 0.889. The van der Waals surface area contributed by atoms with Gasteiger partial charge >= 0.3 is 0 Å². The summed E-state index contributed by atoms with van der Waals surface area (Å²) in [4.78, 5) is 28.2. The van der Waals surface area contributed by atoms with Gasteiger partial charge < -0.3 is 10.6 Å². The average molecular weight is 321 g/mol. The van der Waals surface area contributed by atoms with Crippen molar-refractivity contribution >= 4 is 50.3 Å². The van der Waals surface area contributed by atoms with Gasteiger partial charge in [-0.2, -0.15) is 11.8 Å². The number of carbonyl (C=O) groups excluding carboxylic acids is 2. The van der Waals surface area contributed by atoms with Gasteiger partial charge in [-0.25, -0.2) is 4.98 Å². The molecule has 1 aliphatic rings. The van der Waals surface area contributed by atoms with Crippen LogP contribution in [-0.4, -0.2) is 34.3 Å². The lowest BCUT2D eigenvalue weighted by atomic mass is 10.2. The molecule has 1 atom stereocenters. The highest BCUT2D eigenvalue weighted by Gasteiger charge is 2.24. The fraction of sp³-hybridized carbons (Fsp3) is 0.357. The van der Waals surface area contributed by atoms with Crippen molar-refractivity contribution in [3.63, 3.8) is 0 Å². The van der Waals surface area contributed by atoms with Gasteiger partial charge in [-0.1, -0.05) is 23.5 Å². The van der Waals surface area contributed by atoms with Gasteiger partial charge in [0.05, 0.1) is 10.2 Å². The monoisotopic (exact) mass is 321 g/mol. The summed E-state index contributed by atoms with van der Waals surface area (Å²) in [7, 11) is 0. The zero-order valence-electron chi connectivity index (χ0n) is 11.5. The van der Waals surface area contributed by atoms with Gasteiger partial charge in [-0.15, -0.1) is 0 Å². The topological polar surface area (TPSA) is 71.1 Å². The number of nitrogens with one attached hydrogen (secondary N) is 2. The summed E-state index contributed by atoms with van der Waals surface area (Å²) in [5, 5.41) is 6.14. The van der Waals surface area contributed by atoms with Crippen LogP contribution in [0.1, 0.15) is 12.0 Å². The largest absolute Gasteiger partial charge is 0.343 e. The zero-order chi connectivity index (χ0) is 14.8. The van der Waals surface area contributed by atoms with E-state index in [1.54, 1.807) is 11.8 Å². The first-order valence-electron chi connectivity index (χ1n) is 6.67. The van der Waals surface area contributed by atoms with Crippen LogP contribution in [0, 0.1) is 6.92 Å². The van der Waals surface area contributed by atoms with E-state index in [4.69, 9.17) is 0 Å². The number of fused-ring (bicyclic) bond motifs is 1. The van der Waals surface area contributed by atoms with Crippen molar-refractivity contribution in [2.45, 2.75) is 19.4 Å². The van der Waals surface area contributed by atoms with E-state index in [1.165, 1.54) is 11.3 Å². The van der Waals surface area contributed by atoms with E-state index in [9.17, 15) is 9.59 Å². The van der Waals surface area contributed by atoms with Crippen LogP contribution >= 0.6 is 23.1 Å². The van der Waals surface area contributed by atoms with Crippen LogP contribution in [0.4, 0.5) is 5.13 Å². The van der Waals surface area contributed by atoms with Crippen molar-refractivity contribution in [1.29, 1.82) is 0 Å². The first kappa shape index (κ1) is 14.3. The van der Waals surface area contributed by atoms with Crippen molar-refractivity contribution in [3.8, 4) is 0 Å². The summed E-state index contributed by atoms with van der Waals surface area (Å²) in [5.41, 5.74) is 2.00. The minimum atomic E-state index is -0.488. The van der Waals surface area contributed by atoms with E-state index >= 15 is 0 Å². The first-order valence-corrected chi connectivity index (χ1v) is 8.65. The molecule has 2 heterocycles. The molecule has 2 aromatic rings. The summed E-state index contributed by atoms with van der Waals surface area (Å²) in [6, 6.07) is 5.47. The Hall–Kier alpha value is -1.60. The number of para-hydroxylation sites is 1. The van der Waals surface area contributed by atoms with Gasteiger partial charge in [0.1, 0.15) is 6.04 Å². The van der Waals surface area contributed by atoms with E-state index in [2.05, 4.69) is 15.6 Å². The second-order valence-corrected chi connectivity index (χ2v) is 7.06. The smallest absolute Gasteiger partial charge is 0.249 e. The van der Waals surface area contributed by atoms with Crippen molar-refractivity contribution in [3.05, 3.63) is 23.8 Å². The molecule has 21 heavy (non-hydrogen) atoms. The molecule has 5 nitrogen and oxygen atoms in total. The second-order valence-electron chi connectivity index (χ2n) is 4.87. The normalized spacial score (nSPS) is 19.1. The Morgan fingerprint density at radius 1 is 1.48 bits per heavy atom. The molecule has 3 rings (SSSR count). The molecule has 2 N–H and O–H groups in total. The molecule has 0 bridgehead atoms. The second kappa shape index (κ2) is 6.03. The third kappa shape index (κ3) is 3.19. The maximum Gasteiger partial charge on any atom is 0.249 e. The zero-order valence-corrected chi connectivity index (χ0v) is 13.1. The molecule has 0 aliphatic carbocycles. The maximum atomic E-state index is 12.3. The molecule has 110 valence electrons. The first-order chi connectivity index (χ1) is 10.1. The number of rotatable bonds is 2. The van der Waals surface area contributed by atoms with Crippen LogP contribution in [0.25, 0.3) is 10.2 Å². The molecular formula is C14H15N3O2S2. The highest BCUT2D eigenvalue weighted by atomic mass is 32.2. The molecule has 1 aromatic carbocycles. The molecule has 1 aliphatic heterocycles. The van der Waals surface area contributed by atoms with Crippen molar-refractivity contribution in [1.82, 2.24) is 10.3 Å². The number of hydrogen-bond acceptors (Lipinski definition) is 5. The van der Waals surface area contributed by atoms with Gasteiger partial charge in [0, 0.05) is 17.9 Å². The summed E-state index contributed by atoms with van der Waals surface area (Å²) >= 11 is 3.06. The average Bonchev–Trinajstić information content (AvgIpc) is 2.73. The molecule has 0 radical (unpaired) electrons. The predicted octanol–water partition coefficient (Wildman–Crippen LogP) is 2.16. The molecule has 1 saturated heterocycles. The lowest BCUT2D eigenvalue weighted by Gasteiger charge is -2.13. The fourth-order valence-electron chi connectivity index (χ4n) is 2.15. The molecule has 0 spiro atoms. The van der Waals surface area contributed by atoms with Gasteiger partial charge in [-0.05, 0) is 18.6 Å². The Morgan fingerprint density at radius 3 is 3.14 bits per heavy atom. The number of amides is 2. The Morgan fingerprint density at radius 2 is 2.33 bits per heavy atom. The van der Waals surface area contributed by atoms with Crippen LogP contribution in [0.2, 0.25) is 0 Å². The molecule has 1 aromatic heterocycles. The third-order valence-corrected chi connectivity index (χ3v) is 5.26. The van der Waals surface area contributed by atoms with Crippen LogP contribution in [-0.2, 0) is 9.59 Å². The highest BCUT2D eigenvalue weighted by molar-refractivity contribution is 7.99. The van der Waals surface area contributed by atoms with Crippen molar-refractivity contribution in [2.24, 2.45) is 0 Å². The standard InChI is InChI=1S/C14H15N3O2S2/c1-8-3-2-4-10-12(8)16-14(21-10)17-13(19)9-7-20-6-5-11(18)15-9/h2-4,9H,5-7H2,1H3,(H,15,18)(H,16,17,19). The number of aryl methyl sites for hydroxylation is 1. The minimum absolute atomic E-state index is 0.0692. The molecule has 2 amide bonds. The van der Waals surface area contributed by atoms with E-state index in [0.29, 0.717) is 17.3 Å². The Balaban J connectivity index is 1.76. The number of hydrogen-bond donors (Lipinski definition) is 2. The van der Waals surface area contributed by atoms with E-state index in [0.717, 1.165) is 21.5 Å². The fourth-order valence-corrected chi connectivity index (χ4v) is 4.06. The van der Waals surface area contributed by atoms with Crippen LogP contribution in [0.15, 0.2) is 18.2 Å². The Bertz CT molecular complexity index is 699. The predicted molar refractivity (Wildman–Crippen MR) is 86.9 cm³/mol. The Labute approximate surface area is 130 Å². The number of thioether (sulfide) groups is 1. The van der Waals surface area contributed by atoms with Gasteiger partial charge in [-0.3, -0.25) is 9.59 Å². The highest BCUT2D eigenvalue weighted by Crippen LogP contribution is 2.28.